The van der Waals surface area contributed by atoms with Crippen molar-refractivity contribution in [3.63, 3.8) is 0 Å². The van der Waals surface area contributed by atoms with Crippen LogP contribution in [0, 0.1) is 6.92 Å². The summed E-state index contributed by atoms with van der Waals surface area (Å²) in [7, 11) is 0. The molecule has 4 heteroatoms. The topological polar surface area (TPSA) is 42.7 Å². The van der Waals surface area contributed by atoms with E-state index in [1.54, 1.807) is 0 Å². The molecule has 0 radical (unpaired) electrons. The Morgan fingerprint density at radius 3 is 2.78 bits per heavy atom. The molecular formula is C14H20N4. The third kappa shape index (κ3) is 2.76. The zero-order valence-corrected chi connectivity index (χ0v) is 11.3. The van der Waals surface area contributed by atoms with Crippen LogP contribution in [0.4, 0.5) is 0 Å². The van der Waals surface area contributed by atoms with Crippen LogP contribution in [-0.2, 0) is 13.1 Å². The van der Waals surface area contributed by atoms with Crippen LogP contribution in [-0.4, -0.2) is 21.3 Å². The molecule has 0 unspecified atom stereocenters. The van der Waals surface area contributed by atoms with Gasteiger partial charge in [0.05, 0.1) is 5.69 Å². The first-order valence-electron chi connectivity index (χ1n) is 6.43. The molecule has 0 saturated heterocycles. The van der Waals surface area contributed by atoms with Crippen LogP contribution in [0.25, 0.3) is 11.1 Å². The van der Waals surface area contributed by atoms with E-state index in [-0.39, 0.29) is 0 Å². The summed E-state index contributed by atoms with van der Waals surface area (Å²) < 4.78 is 1.96. The number of nitrogens with one attached hydrogen (secondary N) is 1. The summed E-state index contributed by atoms with van der Waals surface area (Å²) in [5.74, 6) is 0. The van der Waals surface area contributed by atoms with Gasteiger partial charge in [0, 0.05) is 42.8 Å². The minimum Gasteiger partial charge on any atom is -0.313 e. The molecule has 1 N–H and O–H groups in total. The fraction of sp³-hybridized carbons (Fsp3) is 0.429. The molecule has 0 aliphatic heterocycles. The van der Waals surface area contributed by atoms with E-state index in [1.165, 1.54) is 11.1 Å². The van der Waals surface area contributed by atoms with Crippen LogP contribution in [0.15, 0.2) is 24.7 Å². The van der Waals surface area contributed by atoms with E-state index in [4.69, 9.17) is 0 Å². The molecule has 2 heterocycles. The van der Waals surface area contributed by atoms with E-state index in [9.17, 15) is 0 Å². The van der Waals surface area contributed by atoms with E-state index in [2.05, 4.69) is 41.5 Å². The van der Waals surface area contributed by atoms with Gasteiger partial charge in [0.2, 0.25) is 0 Å². The van der Waals surface area contributed by atoms with Gasteiger partial charge in [-0.25, -0.2) is 0 Å². The van der Waals surface area contributed by atoms with Gasteiger partial charge >= 0.3 is 0 Å². The molecule has 0 atom stereocenters. The largest absolute Gasteiger partial charge is 0.313 e. The van der Waals surface area contributed by atoms with Gasteiger partial charge in [-0.1, -0.05) is 6.92 Å². The average Bonchev–Trinajstić information content (AvgIpc) is 2.78. The van der Waals surface area contributed by atoms with E-state index in [1.807, 2.05) is 24.0 Å². The Balaban J connectivity index is 2.29. The number of hydrogen-bond donors (Lipinski definition) is 1. The fourth-order valence-corrected chi connectivity index (χ4v) is 1.96. The van der Waals surface area contributed by atoms with Gasteiger partial charge in [-0.3, -0.25) is 9.67 Å². The summed E-state index contributed by atoms with van der Waals surface area (Å²) in [6.07, 6.45) is 5.90. The quantitative estimate of drug-likeness (QED) is 0.878. The second-order valence-corrected chi connectivity index (χ2v) is 4.35. The normalized spacial score (nSPS) is 10.8. The summed E-state index contributed by atoms with van der Waals surface area (Å²) in [5.41, 5.74) is 4.57. The highest BCUT2D eigenvalue weighted by Gasteiger charge is 2.07. The van der Waals surface area contributed by atoms with Crippen molar-refractivity contribution in [1.82, 2.24) is 20.1 Å². The van der Waals surface area contributed by atoms with Crippen LogP contribution in [0.2, 0.25) is 0 Å². The Morgan fingerprint density at radius 1 is 1.28 bits per heavy atom. The number of hydrogen-bond acceptors (Lipinski definition) is 3. The first kappa shape index (κ1) is 12.8. The zero-order chi connectivity index (χ0) is 13.0. The molecule has 2 aromatic heterocycles. The van der Waals surface area contributed by atoms with Crippen LogP contribution < -0.4 is 5.32 Å². The zero-order valence-electron chi connectivity index (χ0n) is 11.3. The van der Waals surface area contributed by atoms with Crippen LogP contribution in [0.3, 0.4) is 0 Å². The van der Waals surface area contributed by atoms with E-state index >= 15 is 0 Å². The van der Waals surface area contributed by atoms with E-state index in [0.29, 0.717) is 0 Å². The summed E-state index contributed by atoms with van der Waals surface area (Å²) in [4.78, 5) is 4.31. The van der Waals surface area contributed by atoms with E-state index in [0.717, 1.165) is 30.9 Å². The second kappa shape index (κ2) is 5.78. The number of pyridine rings is 1. The Morgan fingerprint density at radius 2 is 2.11 bits per heavy atom. The number of aromatic nitrogens is 3. The molecule has 0 spiro atoms. The van der Waals surface area contributed by atoms with Crippen molar-refractivity contribution >= 4 is 0 Å². The van der Waals surface area contributed by atoms with Crippen molar-refractivity contribution in [3.05, 3.63) is 35.9 Å². The molecule has 0 aliphatic carbocycles. The highest BCUT2D eigenvalue weighted by molar-refractivity contribution is 5.64. The molecule has 18 heavy (non-hydrogen) atoms. The van der Waals surface area contributed by atoms with Crippen LogP contribution >= 0.6 is 0 Å². The molecular weight excluding hydrogens is 224 g/mol. The molecule has 2 aromatic rings. The average molecular weight is 244 g/mol. The molecule has 0 aliphatic rings. The maximum Gasteiger partial charge on any atom is 0.0672 e. The smallest absolute Gasteiger partial charge is 0.0672 e. The Labute approximate surface area is 108 Å². The first-order valence-corrected chi connectivity index (χ1v) is 6.43. The lowest BCUT2D eigenvalue weighted by Crippen LogP contribution is -2.11. The Hall–Kier alpha value is -1.68. The lowest BCUT2D eigenvalue weighted by atomic mass is 10.1. The highest BCUT2D eigenvalue weighted by atomic mass is 15.3. The molecule has 0 fully saturated rings. The van der Waals surface area contributed by atoms with Crippen molar-refractivity contribution in [2.75, 3.05) is 6.54 Å². The number of aryl methyl sites for hydroxylation is 2. The second-order valence-electron chi connectivity index (χ2n) is 4.35. The third-order valence-electron chi connectivity index (χ3n) is 2.96. The molecule has 0 bridgehead atoms. The van der Waals surface area contributed by atoms with Crippen molar-refractivity contribution in [3.8, 4) is 11.1 Å². The first-order chi connectivity index (χ1) is 8.74. The maximum absolute atomic E-state index is 4.47. The van der Waals surface area contributed by atoms with Gasteiger partial charge in [0.15, 0.2) is 0 Å². The highest BCUT2D eigenvalue weighted by Crippen LogP contribution is 2.22. The Kier molecular flexibility index (Phi) is 4.10. The Bertz CT molecular complexity index is 516. The van der Waals surface area contributed by atoms with Crippen LogP contribution in [0.1, 0.15) is 25.1 Å². The standard InChI is InChI=1S/C14H20N4/c1-4-15-7-12-6-13(9-16-8-12)14-10-18(5-2)17-11(14)3/h6,8-10,15H,4-5,7H2,1-3H3. The van der Waals surface area contributed by atoms with Crippen LogP contribution in [0.5, 0.6) is 0 Å². The molecule has 0 amide bonds. The van der Waals surface area contributed by atoms with Crippen molar-refractivity contribution in [2.45, 2.75) is 33.9 Å². The molecule has 0 saturated carbocycles. The molecule has 2 rings (SSSR count). The summed E-state index contributed by atoms with van der Waals surface area (Å²) >= 11 is 0. The van der Waals surface area contributed by atoms with Gasteiger partial charge in [-0.15, -0.1) is 0 Å². The number of nitrogens with zero attached hydrogens (tertiary/aromatic N) is 3. The van der Waals surface area contributed by atoms with E-state index < -0.39 is 0 Å². The summed E-state index contributed by atoms with van der Waals surface area (Å²) in [6, 6.07) is 2.18. The minimum absolute atomic E-state index is 0.859. The minimum atomic E-state index is 0.859. The lowest BCUT2D eigenvalue weighted by Gasteiger charge is -2.04. The lowest BCUT2D eigenvalue weighted by molar-refractivity contribution is 0.653. The van der Waals surface area contributed by atoms with Crippen molar-refractivity contribution < 1.29 is 0 Å². The summed E-state index contributed by atoms with van der Waals surface area (Å²) in [5, 5.41) is 7.78. The van der Waals surface area contributed by atoms with Gasteiger partial charge < -0.3 is 5.32 Å². The monoisotopic (exact) mass is 244 g/mol. The SMILES string of the molecule is CCNCc1cncc(-c2cn(CC)nc2C)c1. The van der Waals surface area contributed by atoms with Crippen molar-refractivity contribution in [2.24, 2.45) is 0 Å². The molecule has 4 nitrogen and oxygen atoms in total. The predicted octanol–water partition coefficient (Wildman–Crippen LogP) is 2.38. The molecule has 0 aromatic carbocycles. The van der Waals surface area contributed by atoms with Crippen molar-refractivity contribution in [1.29, 1.82) is 0 Å². The van der Waals surface area contributed by atoms with Gasteiger partial charge in [0.25, 0.3) is 0 Å². The van der Waals surface area contributed by atoms with Gasteiger partial charge in [0.1, 0.15) is 0 Å². The summed E-state index contributed by atoms with van der Waals surface area (Å²) in [6.45, 7) is 8.96. The maximum atomic E-state index is 4.47. The fourth-order valence-electron chi connectivity index (χ4n) is 1.96. The van der Waals surface area contributed by atoms with Gasteiger partial charge in [-0.05, 0) is 32.0 Å². The number of rotatable bonds is 5. The third-order valence-corrected chi connectivity index (χ3v) is 2.96. The van der Waals surface area contributed by atoms with Gasteiger partial charge in [-0.2, -0.15) is 5.10 Å². The molecule has 96 valence electrons. The predicted molar refractivity (Wildman–Crippen MR) is 73.2 cm³/mol.